The zero-order valence-corrected chi connectivity index (χ0v) is 15.7. The number of likely N-dealkylation sites (N-methyl/N-ethyl adjacent to an activating group) is 1. The zero-order chi connectivity index (χ0) is 19.0. The molecule has 0 aromatic heterocycles. The molecule has 7 heteroatoms. The third-order valence-electron chi connectivity index (χ3n) is 7.52. The van der Waals surface area contributed by atoms with E-state index in [-0.39, 0.29) is 24.7 Å². The highest BCUT2D eigenvalue weighted by Crippen LogP contribution is 2.65. The summed E-state index contributed by atoms with van der Waals surface area (Å²) in [6.45, 7) is 0.256. The van der Waals surface area contributed by atoms with Crippen LogP contribution in [0.15, 0.2) is 12.1 Å². The Morgan fingerprint density at radius 1 is 1.41 bits per heavy atom. The van der Waals surface area contributed by atoms with Crippen LogP contribution in [0.4, 0.5) is 8.78 Å². The van der Waals surface area contributed by atoms with Crippen LogP contribution < -0.4 is 14.8 Å². The Balaban J connectivity index is 1.72. The van der Waals surface area contributed by atoms with Gasteiger partial charge in [-0.3, -0.25) is 4.90 Å². The van der Waals surface area contributed by atoms with Gasteiger partial charge in [0.25, 0.3) is 6.43 Å². The number of aliphatic hydroxyl groups is 1. The van der Waals surface area contributed by atoms with E-state index >= 15 is 0 Å². The standard InChI is InChI=1S/C20H26F2N2O3/c1-23-12-5-6-20(25)14-9-11-3-4-13(26-2)17-16(11)19(20,18(12)27-17)7-8-24(14)10-15(21)22/h3-4,12,14-15,18,23,25H,5-10H2,1-2H3/t12-,14-,18+,19+,20-/m1/s1. The molecule has 27 heavy (non-hydrogen) atoms. The Kier molecular flexibility index (Phi) is 3.78. The average Bonchev–Trinajstić information content (AvgIpc) is 2.99. The number of alkyl halides is 2. The molecule has 2 bridgehead atoms. The molecule has 5 rings (SSSR count). The number of piperidine rings is 1. The van der Waals surface area contributed by atoms with E-state index < -0.39 is 17.4 Å². The molecule has 0 radical (unpaired) electrons. The van der Waals surface area contributed by atoms with E-state index in [1.54, 1.807) is 12.0 Å². The van der Waals surface area contributed by atoms with Gasteiger partial charge in [0.15, 0.2) is 11.5 Å². The minimum absolute atomic E-state index is 0.107. The molecule has 5 atom stereocenters. The van der Waals surface area contributed by atoms with Crippen molar-refractivity contribution in [3.05, 3.63) is 23.3 Å². The van der Waals surface area contributed by atoms with Gasteiger partial charge in [-0.15, -0.1) is 0 Å². The summed E-state index contributed by atoms with van der Waals surface area (Å²) < 4.78 is 38.5. The maximum Gasteiger partial charge on any atom is 0.251 e. The van der Waals surface area contributed by atoms with Crippen LogP contribution in [-0.4, -0.2) is 67.5 Å². The summed E-state index contributed by atoms with van der Waals surface area (Å²) in [5, 5.41) is 15.4. The second-order valence-electron chi connectivity index (χ2n) is 8.35. The van der Waals surface area contributed by atoms with Gasteiger partial charge in [-0.25, -0.2) is 8.78 Å². The second kappa shape index (κ2) is 5.78. The molecule has 1 aromatic rings. The molecule has 1 spiro atoms. The topological polar surface area (TPSA) is 54.0 Å². The number of methoxy groups -OCH3 is 1. The van der Waals surface area contributed by atoms with Crippen molar-refractivity contribution in [2.45, 2.75) is 61.3 Å². The number of nitrogens with one attached hydrogen (secondary N) is 1. The van der Waals surface area contributed by atoms with Gasteiger partial charge in [0.1, 0.15) is 6.10 Å². The van der Waals surface area contributed by atoms with Crippen molar-refractivity contribution in [1.29, 1.82) is 0 Å². The number of rotatable bonds is 4. The summed E-state index contributed by atoms with van der Waals surface area (Å²) in [5.74, 6) is 1.42. The van der Waals surface area contributed by atoms with Crippen LogP contribution in [0.3, 0.4) is 0 Å². The van der Waals surface area contributed by atoms with Crippen molar-refractivity contribution in [3.63, 3.8) is 0 Å². The first-order valence-electron chi connectivity index (χ1n) is 9.75. The van der Waals surface area contributed by atoms with E-state index in [9.17, 15) is 13.9 Å². The normalized spacial score (nSPS) is 39.3. The van der Waals surface area contributed by atoms with Crippen LogP contribution in [0, 0.1) is 0 Å². The molecule has 2 N–H and O–H groups in total. The summed E-state index contributed by atoms with van der Waals surface area (Å²) in [6.07, 6.45) is -0.106. The van der Waals surface area contributed by atoms with Gasteiger partial charge in [-0.1, -0.05) is 6.07 Å². The Hall–Kier alpha value is -1.44. The summed E-state index contributed by atoms with van der Waals surface area (Å²) in [7, 11) is 3.54. The SMILES string of the molecule is CN[C@@H]1CC[C@@]2(O)[C@H]3Cc4ccc(OC)c5c4[C@@]2(CCN3CC(F)F)[C@H]1O5. The zero-order valence-electron chi connectivity index (χ0n) is 15.7. The highest BCUT2D eigenvalue weighted by Gasteiger charge is 2.72. The third kappa shape index (κ3) is 2.03. The lowest BCUT2D eigenvalue weighted by molar-refractivity contribution is -0.194. The van der Waals surface area contributed by atoms with Crippen LogP contribution >= 0.6 is 0 Å². The van der Waals surface area contributed by atoms with E-state index in [2.05, 4.69) is 5.32 Å². The number of ether oxygens (including phenoxy) is 2. The first-order valence-corrected chi connectivity index (χ1v) is 9.75. The van der Waals surface area contributed by atoms with E-state index in [0.717, 1.165) is 23.3 Å². The van der Waals surface area contributed by atoms with Crippen LogP contribution in [0.2, 0.25) is 0 Å². The minimum Gasteiger partial charge on any atom is -0.493 e. The van der Waals surface area contributed by atoms with Crippen molar-refractivity contribution in [3.8, 4) is 11.5 Å². The number of hydrogen-bond donors (Lipinski definition) is 2. The molecule has 1 aromatic carbocycles. The average molecular weight is 380 g/mol. The first-order chi connectivity index (χ1) is 13.0. The van der Waals surface area contributed by atoms with Gasteiger partial charge in [0, 0.05) is 17.6 Å². The molecular formula is C20H26F2N2O3. The first kappa shape index (κ1) is 17.6. The molecule has 1 saturated carbocycles. The number of hydrogen-bond acceptors (Lipinski definition) is 5. The quantitative estimate of drug-likeness (QED) is 0.833. The van der Waals surface area contributed by atoms with Crippen molar-refractivity contribution >= 4 is 0 Å². The molecule has 2 heterocycles. The van der Waals surface area contributed by atoms with Crippen LogP contribution in [0.5, 0.6) is 11.5 Å². The van der Waals surface area contributed by atoms with Gasteiger partial charge in [-0.05, 0) is 50.9 Å². The van der Waals surface area contributed by atoms with Gasteiger partial charge >= 0.3 is 0 Å². The molecule has 2 aliphatic heterocycles. The van der Waals surface area contributed by atoms with E-state index in [4.69, 9.17) is 9.47 Å². The van der Waals surface area contributed by atoms with Gasteiger partial charge in [0.05, 0.1) is 24.7 Å². The summed E-state index contributed by atoms with van der Waals surface area (Å²) >= 11 is 0. The molecule has 0 amide bonds. The molecule has 5 nitrogen and oxygen atoms in total. The lowest BCUT2D eigenvalue weighted by atomic mass is 9.48. The molecule has 4 aliphatic rings. The summed E-state index contributed by atoms with van der Waals surface area (Å²) in [4.78, 5) is 1.80. The highest BCUT2D eigenvalue weighted by atomic mass is 19.3. The van der Waals surface area contributed by atoms with E-state index in [1.807, 2.05) is 19.2 Å². The van der Waals surface area contributed by atoms with Crippen LogP contribution in [-0.2, 0) is 11.8 Å². The molecule has 2 aliphatic carbocycles. The largest absolute Gasteiger partial charge is 0.493 e. The molecule has 148 valence electrons. The van der Waals surface area contributed by atoms with E-state index in [1.165, 1.54) is 0 Å². The predicted octanol–water partition coefficient (Wildman–Crippen LogP) is 1.70. The van der Waals surface area contributed by atoms with Gasteiger partial charge < -0.3 is 19.9 Å². The third-order valence-corrected chi connectivity index (χ3v) is 7.52. The summed E-state index contributed by atoms with van der Waals surface area (Å²) in [6, 6.07) is 3.72. The highest BCUT2D eigenvalue weighted by molar-refractivity contribution is 5.63. The Morgan fingerprint density at radius 2 is 2.22 bits per heavy atom. The lowest BCUT2D eigenvalue weighted by Gasteiger charge is -2.64. The number of likely N-dealkylation sites (tertiary alicyclic amines) is 1. The van der Waals surface area contributed by atoms with Crippen molar-refractivity contribution in [2.24, 2.45) is 0 Å². The van der Waals surface area contributed by atoms with Crippen LogP contribution in [0.25, 0.3) is 0 Å². The molecule has 0 unspecified atom stereocenters. The fourth-order valence-corrected chi connectivity index (χ4v) is 6.47. The number of halogens is 2. The van der Waals surface area contributed by atoms with Crippen molar-refractivity contribution in [2.75, 3.05) is 27.2 Å². The van der Waals surface area contributed by atoms with Crippen molar-refractivity contribution in [1.82, 2.24) is 10.2 Å². The second-order valence-corrected chi connectivity index (χ2v) is 8.35. The Morgan fingerprint density at radius 3 is 2.93 bits per heavy atom. The summed E-state index contributed by atoms with van der Waals surface area (Å²) in [5.41, 5.74) is 0.517. The maximum absolute atomic E-state index is 13.2. The van der Waals surface area contributed by atoms with E-state index in [0.29, 0.717) is 31.6 Å². The fraction of sp³-hybridized carbons (Fsp3) is 0.700. The smallest absolute Gasteiger partial charge is 0.251 e. The fourth-order valence-electron chi connectivity index (χ4n) is 6.47. The van der Waals surface area contributed by atoms with Gasteiger partial charge in [0.2, 0.25) is 0 Å². The Bertz CT molecular complexity index is 776. The monoisotopic (exact) mass is 380 g/mol. The molecule has 2 fully saturated rings. The Labute approximate surface area is 157 Å². The lowest BCUT2D eigenvalue weighted by Crippen LogP contribution is -2.78. The molecule has 1 saturated heterocycles. The number of benzene rings is 1. The van der Waals surface area contributed by atoms with Crippen molar-refractivity contribution < 1.29 is 23.4 Å². The van der Waals surface area contributed by atoms with Gasteiger partial charge in [-0.2, -0.15) is 0 Å². The number of nitrogens with zero attached hydrogens (tertiary/aromatic N) is 1. The van der Waals surface area contributed by atoms with Crippen LogP contribution in [0.1, 0.15) is 30.4 Å². The molecular weight excluding hydrogens is 354 g/mol. The predicted molar refractivity (Wildman–Crippen MR) is 95.8 cm³/mol. The minimum atomic E-state index is -2.40. The maximum atomic E-state index is 13.2.